The first-order chi connectivity index (χ1) is 34.7. The minimum Gasteiger partial charge on any atom is -0.481 e. The molecule has 0 spiro atoms. The maximum atomic E-state index is 14.1. The number of thiol groups is 1. The van der Waals surface area contributed by atoms with Gasteiger partial charge in [-0.15, -0.1) is 0 Å². The van der Waals surface area contributed by atoms with E-state index in [1.807, 2.05) is 0 Å². The second-order valence-electron chi connectivity index (χ2n) is 17.0. The molecule has 0 bridgehead atoms. The largest absolute Gasteiger partial charge is 0.481 e. The normalized spacial score (nSPS) is 13.7. The highest BCUT2D eigenvalue weighted by Crippen LogP contribution is 2.17. The van der Waals surface area contributed by atoms with E-state index in [2.05, 4.69) is 49.3 Å². The van der Waals surface area contributed by atoms with Crippen LogP contribution < -0.4 is 37.6 Å². The standard InChI is InChI=1S/C48H65N7O17S/c49-33(45(66)53-36(25-43(63)64)38(58)24-32(27-73)46(67)68)26-51-44(65)31(21-29-11-5-3-6-12-29)23-37(57)35(22-30-13-7-4-8-14-30)52-40(60)15-9-1-2-10-20-50-39(59)17-16-34(47(69)70)54-48(71)55-41(72-28-56)18-19-42(61)62/h3-8,11-14,28,31-36,41,73H,1-2,9-10,15-27,49H2,(H,50,59)(H,51,65)(H,52,60)(H,53,66)(H,61,62)(H,63,64)(H,67,68)(H,69,70)(H2,54,55,71)/t31-,32-,33+,34+,35+,36+,41-/m1/s1. The van der Waals surface area contributed by atoms with Crippen LogP contribution in [0.3, 0.4) is 0 Å². The number of hydrogen-bond donors (Lipinski definition) is 12. The van der Waals surface area contributed by atoms with Crippen LogP contribution in [0.5, 0.6) is 0 Å². The number of ketones is 2. The van der Waals surface area contributed by atoms with Gasteiger partial charge in [-0.2, -0.15) is 12.6 Å². The molecular weight excluding hydrogens is 979 g/mol. The van der Waals surface area contributed by atoms with Crippen molar-refractivity contribution in [1.29, 1.82) is 0 Å². The Bertz CT molecular complexity index is 2190. The Balaban J connectivity index is 1.98. The van der Waals surface area contributed by atoms with Crippen LogP contribution in [-0.4, -0.2) is 141 Å². The molecule has 12 N–H and O–H groups in total. The van der Waals surface area contributed by atoms with Gasteiger partial charge >= 0.3 is 29.9 Å². The highest BCUT2D eigenvalue weighted by molar-refractivity contribution is 7.80. The summed E-state index contributed by atoms with van der Waals surface area (Å²) >= 11 is 3.91. The van der Waals surface area contributed by atoms with Crippen LogP contribution in [0.4, 0.5) is 4.79 Å². The Morgan fingerprint density at radius 1 is 0.575 bits per heavy atom. The van der Waals surface area contributed by atoms with Gasteiger partial charge in [0, 0.05) is 56.9 Å². The van der Waals surface area contributed by atoms with E-state index in [0.717, 1.165) is 5.56 Å². The van der Waals surface area contributed by atoms with Gasteiger partial charge in [0.2, 0.25) is 23.6 Å². The van der Waals surface area contributed by atoms with Crippen LogP contribution in [-0.2, 0) is 70.3 Å². The highest BCUT2D eigenvalue weighted by Gasteiger charge is 2.32. The van der Waals surface area contributed by atoms with Crippen LogP contribution in [0.25, 0.3) is 0 Å². The molecule has 7 atom stereocenters. The molecule has 0 aromatic heterocycles. The Labute approximate surface area is 426 Å². The lowest BCUT2D eigenvalue weighted by Gasteiger charge is -2.23. The van der Waals surface area contributed by atoms with Crippen molar-refractivity contribution in [1.82, 2.24) is 31.9 Å². The molecule has 0 unspecified atom stereocenters. The van der Waals surface area contributed by atoms with Crippen molar-refractivity contribution in [2.45, 2.75) is 120 Å². The fourth-order valence-electron chi connectivity index (χ4n) is 7.12. The number of ether oxygens (including phenoxy) is 1. The SMILES string of the molecule is N[C@@H](CNC(=O)[C@@H](CC(=O)[C@H](Cc1ccccc1)NC(=O)CCCCCCNC(=O)CC[C@H](NC(=O)N[C@@H](CCC(=O)O)OC=O)C(=O)O)Cc1ccccc1)C(=O)N[C@@H](CC(=O)O)C(=O)C[C@H](CS)C(=O)O. The first-order valence-corrected chi connectivity index (χ1v) is 24.0. The van der Waals surface area contributed by atoms with E-state index in [1.54, 1.807) is 60.7 Å². The lowest BCUT2D eigenvalue weighted by molar-refractivity contribution is -0.144. The molecule has 25 heteroatoms. The van der Waals surface area contributed by atoms with Gasteiger partial charge in [-0.1, -0.05) is 73.5 Å². The maximum absolute atomic E-state index is 14.1. The Kier molecular flexibility index (Phi) is 28.8. The third-order valence-electron chi connectivity index (χ3n) is 11.1. The first-order valence-electron chi connectivity index (χ1n) is 23.4. The summed E-state index contributed by atoms with van der Waals surface area (Å²) in [5, 5.41) is 51.5. The van der Waals surface area contributed by atoms with Crippen molar-refractivity contribution in [2.24, 2.45) is 17.6 Å². The van der Waals surface area contributed by atoms with Gasteiger partial charge in [0.05, 0.1) is 30.8 Å². The van der Waals surface area contributed by atoms with Crippen molar-refractivity contribution >= 4 is 84.2 Å². The summed E-state index contributed by atoms with van der Waals surface area (Å²) in [5.41, 5.74) is 7.48. The first kappa shape index (κ1) is 61.7. The number of benzene rings is 2. The summed E-state index contributed by atoms with van der Waals surface area (Å²) in [5.74, 6) is -11.8. The minimum atomic E-state index is -1.61. The van der Waals surface area contributed by atoms with E-state index in [9.17, 15) is 72.9 Å². The van der Waals surface area contributed by atoms with Crippen molar-refractivity contribution in [3.05, 3.63) is 71.8 Å². The number of urea groups is 1. The molecule has 0 saturated heterocycles. The minimum absolute atomic E-state index is 0.000102. The summed E-state index contributed by atoms with van der Waals surface area (Å²) in [6.07, 6.45) is -2.06. The van der Waals surface area contributed by atoms with Gasteiger partial charge < -0.3 is 62.8 Å². The van der Waals surface area contributed by atoms with Crippen LogP contribution in [0, 0.1) is 11.8 Å². The monoisotopic (exact) mass is 1040 g/mol. The van der Waals surface area contributed by atoms with Crippen LogP contribution in [0.2, 0.25) is 0 Å². The van der Waals surface area contributed by atoms with Crippen LogP contribution in [0.15, 0.2) is 60.7 Å². The molecule has 2 aromatic rings. The molecule has 73 heavy (non-hydrogen) atoms. The molecule has 0 radical (unpaired) electrons. The molecule has 0 aliphatic heterocycles. The third kappa shape index (κ3) is 26.0. The number of nitrogens with one attached hydrogen (secondary N) is 6. The summed E-state index contributed by atoms with van der Waals surface area (Å²) < 4.78 is 4.61. The predicted molar refractivity (Wildman–Crippen MR) is 261 cm³/mol. The molecule has 2 aromatic carbocycles. The molecule has 0 saturated carbocycles. The quantitative estimate of drug-likeness (QED) is 0.0188. The number of hydrogen-bond acceptors (Lipinski definition) is 15. The number of carboxylic acid groups (broad SMARTS) is 4. The zero-order valence-electron chi connectivity index (χ0n) is 40.0. The zero-order valence-corrected chi connectivity index (χ0v) is 40.9. The van der Waals surface area contributed by atoms with Crippen molar-refractivity contribution < 1.29 is 82.7 Å². The number of rotatable bonds is 38. The molecule has 0 aliphatic carbocycles. The van der Waals surface area contributed by atoms with E-state index in [1.165, 1.54) is 0 Å². The summed E-state index contributed by atoms with van der Waals surface area (Å²) in [7, 11) is 0. The average molecular weight is 1040 g/mol. The second kappa shape index (κ2) is 34.0. The van der Waals surface area contributed by atoms with Crippen molar-refractivity contribution in [3.63, 3.8) is 0 Å². The van der Waals surface area contributed by atoms with Gasteiger partial charge in [-0.3, -0.25) is 47.9 Å². The van der Waals surface area contributed by atoms with E-state index in [4.69, 9.17) is 10.8 Å². The molecule has 24 nitrogen and oxygen atoms in total. The third-order valence-corrected chi connectivity index (χ3v) is 11.6. The number of carboxylic acids is 4. The lowest BCUT2D eigenvalue weighted by Crippen LogP contribution is -2.53. The van der Waals surface area contributed by atoms with Gasteiger partial charge in [0.1, 0.15) is 12.1 Å². The van der Waals surface area contributed by atoms with Gasteiger partial charge in [-0.25, -0.2) is 9.59 Å². The predicted octanol–water partition coefficient (Wildman–Crippen LogP) is 0.488. The van der Waals surface area contributed by atoms with E-state index < -0.39 is 133 Å². The fourth-order valence-corrected chi connectivity index (χ4v) is 7.40. The zero-order chi connectivity index (χ0) is 54.3. The van der Waals surface area contributed by atoms with Gasteiger partial charge in [0.15, 0.2) is 17.8 Å². The molecular formula is C48H65N7O17S. The smallest absolute Gasteiger partial charge is 0.326 e. The number of carbonyl (C=O) groups is 12. The van der Waals surface area contributed by atoms with Gasteiger partial charge in [-0.05, 0) is 43.2 Å². The summed E-state index contributed by atoms with van der Waals surface area (Å²) in [4.78, 5) is 148. The summed E-state index contributed by atoms with van der Waals surface area (Å²) in [6.45, 7) is -0.254. The number of aliphatic carboxylic acids is 4. The number of unbranched alkanes of at least 4 members (excludes halogenated alkanes) is 3. The van der Waals surface area contributed by atoms with E-state index >= 15 is 0 Å². The molecule has 6 amide bonds. The van der Waals surface area contributed by atoms with E-state index in [-0.39, 0.29) is 63.7 Å². The number of Topliss-reactive ketones (excluding diaryl/α,β-unsaturated/α-hetero) is 2. The topological polar surface area (TPSA) is 393 Å². The molecule has 0 fully saturated rings. The lowest BCUT2D eigenvalue weighted by atomic mass is 9.89. The number of amides is 6. The van der Waals surface area contributed by atoms with Crippen LogP contribution in [0.1, 0.15) is 88.2 Å². The van der Waals surface area contributed by atoms with Gasteiger partial charge in [0.25, 0.3) is 6.47 Å². The maximum Gasteiger partial charge on any atom is 0.326 e. The fraction of sp³-hybridized carbons (Fsp3) is 0.500. The Hall–Kier alpha value is -7.41. The Morgan fingerprint density at radius 3 is 1.75 bits per heavy atom. The molecule has 2 rings (SSSR count). The molecule has 0 aliphatic rings. The summed E-state index contributed by atoms with van der Waals surface area (Å²) in [6, 6.07) is 11.0. The second-order valence-corrected chi connectivity index (χ2v) is 17.3. The van der Waals surface area contributed by atoms with Crippen molar-refractivity contribution in [3.8, 4) is 0 Å². The van der Waals surface area contributed by atoms with Crippen LogP contribution >= 0.6 is 12.6 Å². The van der Waals surface area contributed by atoms with E-state index in [0.29, 0.717) is 31.2 Å². The average Bonchev–Trinajstić information content (AvgIpc) is 3.34. The Morgan fingerprint density at radius 2 is 1.18 bits per heavy atom. The highest BCUT2D eigenvalue weighted by atomic mass is 32.1. The number of nitrogens with two attached hydrogens (primary N) is 1. The van der Waals surface area contributed by atoms with Crippen molar-refractivity contribution in [2.75, 3.05) is 18.8 Å². The number of carbonyl (C=O) groups excluding carboxylic acids is 8. The molecule has 400 valence electrons. The molecule has 0 heterocycles.